The molecule has 0 bridgehead atoms. The van der Waals surface area contributed by atoms with Crippen LogP contribution in [0.5, 0.6) is 0 Å². The van der Waals surface area contributed by atoms with Crippen molar-refractivity contribution in [1.29, 1.82) is 0 Å². The van der Waals surface area contributed by atoms with Gasteiger partial charge >= 0.3 is 0 Å². The van der Waals surface area contributed by atoms with E-state index >= 15 is 0 Å². The first-order chi connectivity index (χ1) is 6.34. The van der Waals surface area contributed by atoms with Gasteiger partial charge in [-0.1, -0.05) is 19.3 Å². The molecule has 2 aliphatic rings. The number of hydrogen-bond acceptors (Lipinski definition) is 1. The van der Waals surface area contributed by atoms with Crippen molar-refractivity contribution in [3.8, 4) is 0 Å². The molecule has 0 atom stereocenters. The molecule has 76 valence electrons. The zero-order chi connectivity index (χ0) is 9.10. The minimum absolute atomic E-state index is 1.03. The van der Waals surface area contributed by atoms with E-state index in [4.69, 9.17) is 0 Å². The van der Waals surface area contributed by atoms with Crippen molar-refractivity contribution < 1.29 is 0 Å². The van der Waals surface area contributed by atoms with Gasteiger partial charge in [-0.15, -0.1) is 0 Å². The van der Waals surface area contributed by atoms with Crippen LogP contribution >= 0.6 is 0 Å². The van der Waals surface area contributed by atoms with Gasteiger partial charge in [0.15, 0.2) is 0 Å². The van der Waals surface area contributed by atoms with Gasteiger partial charge in [0.25, 0.3) is 0 Å². The van der Waals surface area contributed by atoms with Crippen molar-refractivity contribution in [2.45, 2.75) is 44.9 Å². The lowest BCUT2D eigenvalue weighted by molar-refractivity contribution is 0.227. The smallest absolute Gasteiger partial charge is 0.000673 e. The molecule has 0 spiro atoms. The van der Waals surface area contributed by atoms with E-state index in [0.717, 1.165) is 11.8 Å². The summed E-state index contributed by atoms with van der Waals surface area (Å²) in [4.78, 5) is 2.58. The van der Waals surface area contributed by atoms with Crippen LogP contribution in [0, 0.1) is 11.8 Å². The average Bonchev–Trinajstić information content (AvgIpc) is 2.90. The van der Waals surface area contributed by atoms with Gasteiger partial charge in [0.1, 0.15) is 0 Å². The van der Waals surface area contributed by atoms with Crippen LogP contribution in [-0.4, -0.2) is 25.0 Å². The zero-order valence-electron chi connectivity index (χ0n) is 8.97. The quantitative estimate of drug-likeness (QED) is 0.644. The Morgan fingerprint density at radius 1 is 0.846 bits per heavy atom. The normalized spacial score (nSPS) is 25.4. The molecular formula is C12H23N. The molecule has 1 nitrogen and oxygen atoms in total. The largest absolute Gasteiger partial charge is 0.306 e. The van der Waals surface area contributed by atoms with Crippen LogP contribution in [0.4, 0.5) is 0 Å². The third-order valence-corrected chi connectivity index (χ3v) is 3.56. The third kappa shape index (κ3) is 3.30. The maximum Gasteiger partial charge on any atom is 0.000673 e. The molecule has 0 aliphatic heterocycles. The molecule has 0 amide bonds. The molecule has 13 heavy (non-hydrogen) atoms. The van der Waals surface area contributed by atoms with Gasteiger partial charge in [-0.2, -0.15) is 0 Å². The predicted octanol–water partition coefficient (Wildman–Crippen LogP) is 2.91. The maximum atomic E-state index is 2.58. The monoisotopic (exact) mass is 181 g/mol. The summed E-state index contributed by atoms with van der Waals surface area (Å²) >= 11 is 0. The van der Waals surface area contributed by atoms with Gasteiger partial charge in [0, 0.05) is 13.1 Å². The fourth-order valence-corrected chi connectivity index (χ4v) is 2.63. The van der Waals surface area contributed by atoms with Crippen LogP contribution < -0.4 is 0 Å². The second-order valence-electron chi connectivity index (χ2n) is 5.17. The Hall–Kier alpha value is -0.0400. The van der Waals surface area contributed by atoms with Crippen molar-refractivity contribution in [3.05, 3.63) is 0 Å². The lowest BCUT2D eigenvalue weighted by Crippen LogP contribution is -2.28. The molecule has 0 heterocycles. The van der Waals surface area contributed by atoms with Gasteiger partial charge in [0.2, 0.25) is 0 Å². The molecule has 0 aromatic heterocycles. The highest BCUT2D eigenvalue weighted by Gasteiger charge is 2.24. The predicted molar refractivity (Wildman–Crippen MR) is 56.8 cm³/mol. The first-order valence-corrected chi connectivity index (χ1v) is 6.03. The van der Waals surface area contributed by atoms with Crippen molar-refractivity contribution in [2.75, 3.05) is 20.1 Å². The number of nitrogens with zero attached hydrogens (tertiary/aromatic N) is 1. The molecule has 2 fully saturated rings. The Kier molecular flexibility index (Phi) is 3.26. The molecule has 0 unspecified atom stereocenters. The van der Waals surface area contributed by atoms with Crippen molar-refractivity contribution >= 4 is 0 Å². The van der Waals surface area contributed by atoms with Crippen LogP contribution in [0.25, 0.3) is 0 Å². The van der Waals surface area contributed by atoms with E-state index in [1.54, 1.807) is 0 Å². The zero-order valence-corrected chi connectivity index (χ0v) is 8.97. The highest BCUT2D eigenvalue weighted by molar-refractivity contribution is 4.77. The van der Waals surface area contributed by atoms with Gasteiger partial charge < -0.3 is 4.90 Å². The molecule has 0 aromatic rings. The summed E-state index contributed by atoms with van der Waals surface area (Å²) in [6.45, 7) is 2.74. The van der Waals surface area contributed by atoms with Crippen molar-refractivity contribution in [1.82, 2.24) is 4.90 Å². The average molecular weight is 181 g/mol. The van der Waals surface area contributed by atoms with Crippen molar-refractivity contribution in [2.24, 2.45) is 11.8 Å². The van der Waals surface area contributed by atoms with Crippen LogP contribution in [0.2, 0.25) is 0 Å². The summed E-state index contributed by atoms with van der Waals surface area (Å²) in [5.41, 5.74) is 0. The van der Waals surface area contributed by atoms with Gasteiger partial charge in [-0.3, -0.25) is 0 Å². The standard InChI is InChI=1S/C12H23N/c1-13(10-12-7-8-12)9-11-5-3-2-4-6-11/h11-12H,2-10H2,1H3. The van der Waals surface area contributed by atoms with Crippen LogP contribution in [0.1, 0.15) is 44.9 Å². The number of rotatable bonds is 4. The SMILES string of the molecule is CN(CC1CCCCC1)CC1CC1. The third-order valence-electron chi connectivity index (χ3n) is 3.56. The molecular weight excluding hydrogens is 158 g/mol. The van der Waals surface area contributed by atoms with E-state index < -0.39 is 0 Å². The van der Waals surface area contributed by atoms with E-state index in [1.807, 2.05) is 0 Å². The fraction of sp³-hybridized carbons (Fsp3) is 1.00. The Bertz CT molecular complexity index is 145. The molecule has 0 saturated heterocycles. The molecule has 2 rings (SSSR count). The molecule has 0 aromatic carbocycles. The lowest BCUT2D eigenvalue weighted by atomic mass is 9.89. The summed E-state index contributed by atoms with van der Waals surface area (Å²) in [7, 11) is 2.31. The van der Waals surface area contributed by atoms with Crippen molar-refractivity contribution in [3.63, 3.8) is 0 Å². The second kappa shape index (κ2) is 4.45. The molecule has 1 heteroatoms. The summed E-state index contributed by atoms with van der Waals surface area (Å²) < 4.78 is 0. The Morgan fingerprint density at radius 3 is 1.92 bits per heavy atom. The van der Waals surface area contributed by atoms with Crippen LogP contribution in [0.15, 0.2) is 0 Å². The van der Waals surface area contributed by atoms with E-state index in [0.29, 0.717) is 0 Å². The molecule has 2 saturated carbocycles. The van der Waals surface area contributed by atoms with Crippen LogP contribution in [-0.2, 0) is 0 Å². The Labute approximate surface area is 82.5 Å². The fourth-order valence-electron chi connectivity index (χ4n) is 2.63. The summed E-state index contributed by atoms with van der Waals surface area (Å²) in [5, 5.41) is 0. The molecule has 0 N–H and O–H groups in total. The van der Waals surface area contributed by atoms with E-state index in [-0.39, 0.29) is 0 Å². The van der Waals surface area contributed by atoms with Crippen LogP contribution in [0.3, 0.4) is 0 Å². The van der Waals surface area contributed by atoms with Gasteiger partial charge in [-0.05, 0) is 44.6 Å². The second-order valence-corrected chi connectivity index (χ2v) is 5.17. The minimum atomic E-state index is 1.03. The van der Waals surface area contributed by atoms with E-state index in [9.17, 15) is 0 Å². The Balaban J connectivity index is 1.62. The van der Waals surface area contributed by atoms with E-state index in [1.165, 1.54) is 58.0 Å². The summed E-state index contributed by atoms with van der Waals surface area (Å²) in [6, 6.07) is 0. The topological polar surface area (TPSA) is 3.24 Å². The number of hydrogen-bond donors (Lipinski definition) is 0. The van der Waals surface area contributed by atoms with Gasteiger partial charge in [0.05, 0.1) is 0 Å². The van der Waals surface area contributed by atoms with E-state index in [2.05, 4.69) is 11.9 Å². The maximum absolute atomic E-state index is 2.58. The lowest BCUT2D eigenvalue weighted by Gasteiger charge is -2.26. The minimum Gasteiger partial charge on any atom is -0.306 e. The highest BCUT2D eigenvalue weighted by atomic mass is 15.1. The molecule has 2 aliphatic carbocycles. The highest BCUT2D eigenvalue weighted by Crippen LogP contribution is 2.30. The Morgan fingerprint density at radius 2 is 1.38 bits per heavy atom. The molecule has 0 radical (unpaired) electrons. The summed E-state index contributed by atoms with van der Waals surface area (Å²) in [5.74, 6) is 2.09. The van der Waals surface area contributed by atoms with Gasteiger partial charge in [-0.25, -0.2) is 0 Å². The summed E-state index contributed by atoms with van der Waals surface area (Å²) in [6.07, 6.45) is 10.4. The first kappa shape index (κ1) is 9.51. The first-order valence-electron chi connectivity index (χ1n) is 6.03.